The van der Waals surface area contributed by atoms with Crippen LogP contribution in [0.5, 0.6) is 5.75 Å². The first-order valence-electron chi connectivity index (χ1n) is 12.9. The fourth-order valence-electron chi connectivity index (χ4n) is 4.90. The predicted molar refractivity (Wildman–Crippen MR) is 142 cm³/mol. The number of rotatable bonds is 11. The second-order valence-corrected chi connectivity index (χ2v) is 9.70. The molecule has 2 heterocycles. The monoisotopic (exact) mass is 502 g/mol. The van der Waals surface area contributed by atoms with Gasteiger partial charge in [-0.1, -0.05) is 56.2 Å². The van der Waals surface area contributed by atoms with E-state index in [0.29, 0.717) is 25.0 Å². The molecule has 1 aromatic heterocycles. The van der Waals surface area contributed by atoms with E-state index in [2.05, 4.69) is 5.32 Å². The Morgan fingerprint density at radius 1 is 1.14 bits per heavy atom. The number of nitrogens with one attached hydrogen (secondary N) is 1. The van der Waals surface area contributed by atoms with Crippen molar-refractivity contribution in [2.75, 3.05) is 6.61 Å². The lowest BCUT2D eigenvalue weighted by atomic mass is 9.99. The first-order chi connectivity index (χ1) is 17.9. The van der Waals surface area contributed by atoms with Gasteiger partial charge in [-0.2, -0.15) is 0 Å². The van der Waals surface area contributed by atoms with Crippen LogP contribution in [0, 0.1) is 6.92 Å². The Balaban J connectivity index is 1.65. The molecular formula is C30H34N2O5. The fourth-order valence-corrected chi connectivity index (χ4v) is 4.90. The largest absolute Gasteiger partial charge is 0.493 e. The second kappa shape index (κ2) is 11.9. The van der Waals surface area contributed by atoms with Crippen LogP contribution in [0.25, 0.3) is 0 Å². The number of carboxylic acids is 1. The lowest BCUT2D eigenvalue weighted by molar-refractivity contribution is -0.137. The molecule has 0 saturated carbocycles. The van der Waals surface area contributed by atoms with Gasteiger partial charge in [0.25, 0.3) is 5.56 Å². The van der Waals surface area contributed by atoms with Crippen LogP contribution >= 0.6 is 0 Å². The highest BCUT2D eigenvalue weighted by Gasteiger charge is 2.27. The maximum absolute atomic E-state index is 13.7. The van der Waals surface area contributed by atoms with Gasteiger partial charge in [0.05, 0.1) is 19.1 Å². The van der Waals surface area contributed by atoms with Gasteiger partial charge in [0, 0.05) is 24.6 Å². The van der Waals surface area contributed by atoms with E-state index in [4.69, 9.17) is 4.74 Å². The maximum atomic E-state index is 13.7. The number of aromatic nitrogens is 1. The maximum Gasteiger partial charge on any atom is 0.305 e. The van der Waals surface area contributed by atoms with Crippen LogP contribution in [0.4, 0.5) is 0 Å². The van der Waals surface area contributed by atoms with Crippen molar-refractivity contribution in [3.05, 3.63) is 99.0 Å². The van der Waals surface area contributed by atoms with E-state index in [1.165, 1.54) is 4.57 Å². The second-order valence-electron chi connectivity index (χ2n) is 9.70. The number of hydrogen-bond acceptors (Lipinski definition) is 4. The first kappa shape index (κ1) is 26.2. The van der Waals surface area contributed by atoms with E-state index in [-0.39, 0.29) is 17.9 Å². The molecule has 0 radical (unpaired) electrons. The molecule has 2 atom stereocenters. The van der Waals surface area contributed by atoms with E-state index in [0.717, 1.165) is 47.3 Å². The Bertz CT molecular complexity index is 1320. The summed E-state index contributed by atoms with van der Waals surface area (Å²) in [6.07, 6.45) is 4.80. The minimum Gasteiger partial charge on any atom is -0.493 e. The van der Waals surface area contributed by atoms with Crippen molar-refractivity contribution in [3.8, 4) is 5.75 Å². The summed E-state index contributed by atoms with van der Waals surface area (Å²) in [6.45, 7) is 4.54. The highest BCUT2D eigenvalue weighted by Crippen LogP contribution is 2.30. The van der Waals surface area contributed by atoms with Crippen LogP contribution in [0.15, 0.2) is 65.6 Å². The van der Waals surface area contributed by atoms with Gasteiger partial charge < -0.3 is 19.7 Å². The van der Waals surface area contributed by atoms with Gasteiger partial charge in [-0.25, -0.2) is 0 Å². The molecule has 2 aromatic carbocycles. The number of carbonyl (C=O) groups excluding carboxylic acids is 1. The summed E-state index contributed by atoms with van der Waals surface area (Å²) >= 11 is 0. The van der Waals surface area contributed by atoms with E-state index < -0.39 is 18.1 Å². The Morgan fingerprint density at radius 3 is 2.65 bits per heavy atom. The molecular weight excluding hydrogens is 468 g/mol. The molecule has 194 valence electrons. The Hall–Kier alpha value is -3.87. The Labute approximate surface area is 217 Å². The predicted octanol–water partition coefficient (Wildman–Crippen LogP) is 4.75. The summed E-state index contributed by atoms with van der Waals surface area (Å²) in [5.41, 5.74) is 4.06. The highest BCUT2D eigenvalue weighted by molar-refractivity contribution is 5.81. The molecule has 1 aliphatic rings. The average molecular weight is 503 g/mol. The van der Waals surface area contributed by atoms with Gasteiger partial charge >= 0.3 is 5.97 Å². The molecule has 0 unspecified atom stereocenters. The van der Waals surface area contributed by atoms with Gasteiger partial charge in [0.15, 0.2) is 0 Å². The topological polar surface area (TPSA) is 97.6 Å². The number of amides is 1. The van der Waals surface area contributed by atoms with Crippen molar-refractivity contribution in [3.63, 3.8) is 0 Å². The fraction of sp³-hybridized carbons (Fsp3) is 0.367. The quantitative estimate of drug-likeness (QED) is 0.395. The van der Waals surface area contributed by atoms with Crippen molar-refractivity contribution >= 4 is 11.9 Å². The van der Waals surface area contributed by atoms with Crippen LogP contribution < -0.4 is 15.6 Å². The van der Waals surface area contributed by atoms with Crippen molar-refractivity contribution in [2.45, 2.75) is 64.5 Å². The smallest absolute Gasteiger partial charge is 0.305 e. The number of aryl methyl sites for hydroxylation is 1. The third-order valence-corrected chi connectivity index (χ3v) is 6.77. The molecule has 1 aliphatic heterocycles. The number of carboxylic acid groups (broad SMARTS) is 1. The highest BCUT2D eigenvalue weighted by atomic mass is 16.5. The summed E-state index contributed by atoms with van der Waals surface area (Å²) in [4.78, 5) is 39.0. The van der Waals surface area contributed by atoms with Crippen LogP contribution in [0.2, 0.25) is 0 Å². The van der Waals surface area contributed by atoms with Crippen molar-refractivity contribution in [2.24, 2.45) is 0 Å². The normalized spacial score (nSPS) is 13.9. The molecule has 0 bridgehead atoms. The molecule has 7 heteroatoms. The number of aliphatic carboxylic acids is 1. The SMILES string of the molecule is CCCC[C@@H](C(=O)N[C@@H](CC(=O)O)c1ccc2c(c1)CCO2)n1cc(C)cc(Cc2ccccc2)c1=O. The average Bonchev–Trinajstić information content (AvgIpc) is 3.35. The Morgan fingerprint density at radius 2 is 1.92 bits per heavy atom. The summed E-state index contributed by atoms with van der Waals surface area (Å²) in [5.74, 6) is -0.568. The van der Waals surface area contributed by atoms with Crippen molar-refractivity contribution in [1.82, 2.24) is 9.88 Å². The molecule has 37 heavy (non-hydrogen) atoms. The van der Waals surface area contributed by atoms with Crippen LogP contribution in [-0.2, 0) is 22.4 Å². The van der Waals surface area contributed by atoms with Gasteiger partial charge in [0.2, 0.25) is 5.91 Å². The summed E-state index contributed by atoms with van der Waals surface area (Å²) in [7, 11) is 0. The molecule has 0 saturated heterocycles. The lowest BCUT2D eigenvalue weighted by Crippen LogP contribution is -2.40. The number of pyridine rings is 1. The van der Waals surface area contributed by atoms with E-state index >= 15 is 0 Å². The molecule has 2 N–H and O–H groups in total. The molecule has 4 rings (SSSR count). The van der Waals surface area contributed by atoms with E-state index in [1.54, 1.807) is 12.3 Å². The van der Waals surface area contributed by atoms with Crippen LogP contribution in [0.3, 0.4) is 0 Å². The third kappa shape index (κ3) is 6.47. The number of benzene rings is 2. The molecule has 0 fully saturated rings. The van der Waals surface area contributed by atoms with Gasteiger partial charge in [-0.05, 0) is 53.8 Å². The van der Waals surface area contributed by atoms with Crippen molar-refractivity contribution in [1.29, 1.82) is 0 Å². The zero-order valence-corrected chi connectivity index (χ0v) is 21.4. The minimum atomic E-state index is -1.01. The molecule has 3 aromatic rings. The number of ether oxygens (including phenoxy) is 1. The van der Waals surface area contributed by atoms with Gasteiger partial charge in [0.1, 0.15) is 11.8 Å². The number of nitrogens with zero attached hydrogens (tertiary/aromatic N) is 1. The summed E-state index contributed by atoms with van der Waals surface area (Å²) in [5, 5.41) is 12.5. The molecule has 1 amide bonds. The number of carbonyl (C=O) groups is 2. The Kier molecular flexibility index (Phi) is 8.43. The number of unbranched alkanes of at least 4 members (excludes halogenated alkanes) is 1. The first-order valence-corrected chi connectivity index (χ1v) is 12.9. The van der Waals surface area contributed by atoms with Gasteiger partial charge in [-0.15, -0.1) is 0 Å². The molecule has 0 spiro atoms. The molecule has 0 aliphatic carbocycles. The minimum absolute atomic E-state index is 0.199. The van der Waals surface area contributed by atoms with E-state index in [9.17, 15) is 19.5 Å². The molecule has 7 nitrogen and oxygen atoms in total. The zero-order valence-electron chi connectivity index (χ0n) is 21.4. The van der Waals surface area contributed by atoms with Crippen LogP contribution in [0.1, 0.15) is 72.5 Å². The number of hydrogen-bond donors (Lipinski definition) is 2. The standard InChI is InChI=1S/C30H34N2O5/c1-3-4-10-26(32-19-20(2)15-24(30(32)36)16-21-8-6-5-7-9-21)29(35)31-25(18-28(33)34)22-11-12-27-23(17-22)13-14-37-27/h5-9,11-12,15,17,19,25-26H,3-4,10,13-14,16,18H2,1-2H3,(H,31,35)(H,33,34)/t25-,26-/m0/s1. The zero-order chi connectivity index (χ0) is 26.4. The summed E-state index contributed by atoms with van der Waals surface area (Å²) in [6, 6.07) is 15.7. The van der Waals surface area contributed by atoms with Crippen LogP contribution in [-0.4, -0.2) is 28.2 Å². The number of fused-ring (bicyclic) bond motifs is 1. The van der Waals surface area contributed by atoms with Gasteiger partial charge in [-0.3, -0.25) is 14.4 Å². The van der Waals surface area contributed by atoms with Crippen molar-refractivity contribution < 1.29 is 19.4 Å². The van der Waals surface area contributed by atoms with E-state index in [1.807, 2.05) is 62.4 Å². The summed E-state index contributed by atoms with van der Waals surface area (Å²) < 4.78 is 7.11. The lowest BCUT2D eigenvalue weighted by Gasteiger charge is -2.25. The third-order valence-electron chi connectivity index (χ3n) is 6.77.